The number of fused-ring (bicyclic) bond motifs is 4. The van der Waals surface area contributed by atoms with Crippen molar-refractivity contribution in [1.29, 1.82) is 0 Å². The number of rotatable bonds is 2. The van der Waals surface area contributed by atoms with E-state index < -0.39 is 6.23 Å². The van der Waals surface area contributed by atoms with Crippen molar-refractivity contribution in [3.8, 4) is 5.75 Å². The number of benzene rings is 4. The Morgan fingerprint density at radius 1 is 0.875 bits per heavy atom. The molecule has 0 fully saturated rings. The number of hydrazone groups is 1. The minimum Gasteiger partial charge on any atom is -0.463 e. The molecular weight excluding hydrogens is 535 g/mol. The first-order chi connectivity index (χ1) is 15.6. The SMILES string of the molecule is Fc1ccccc1C1Oc2c(Br)cc(Br)cc2C2CC(c3ccc4ccccc4c3)=NN21. The highest BCUT2D eigenvalue weighted by Crippen LogP contribution is 2.51. The van der Waals surface area contributed by atoms with Crippen LogP contribution in [0.4, 0.5) is 4.39 Å². The first-order valence-electron chi connectivity index (χ1n) is 10.3. The van der Waals surface area contributed by atoms with Crippen molar-refractivity contribution in [3.63, 3.8) is 0 Å². The van der Waals surface area contributed by atoms with E-state index in [0.717, 1.165) is 31.5 Å². The third kappa shape index (κ3) is 3.24. The summed E-state index contributed by atoms with van der Waals surface area (Å²) in [6.07, 6.45) is 0.0619. The van der Waals surface area contributed by atoms with Crippen molar-refractivity contribution in [2.24, 2.45) is 5.10 Å². The maximum Gasteiger partial charge on any atom is 0.216 e. The highest BCUT2D eigenvalue weighted by molar-refractivity contribution is 9.11. The highest BCUT2D eigenvalue weighted by Gasteiger charge is 2.42. The van der Waals surface area contributed by atoms with E-state index in [0.29, 0.717) is 12.0 Å². The second-order valence-corrected chi connectivity index (χ2v) is 9.78. The molecule has 6 heteroatoms. The van der Waals surface area contributed by atoms with Crippen molar-refractivity contribution in [2.45, 2.75) is 18.7 Å². The Morgan fingerprint density at radius 2 is 1.66 bits per heavy atom. The molecule has 0 radical (unpaired) electrons. The lowest BCUT2D eigenvalue weighted by Gasteiger charge is -2.38. The summed E-state index contributed by atoms with van der Waals surface area (Å²) in [5, 5.41) is 9.24. The van der Waals surface area contributed by atoms with Crippen LogP contribution in [0.25, 0.3) is 10.8 Å². The Labute approximate surface area is 201 Å². The lowest BCUT2D eigenvalue weighted by molar-refractivity contribution is -0.0218. The Morgan fingerprint density at radius 3 is 2.50 bits per heavy atom. The van der Waals surface area contributed by atoms with Crippen LogP contribution in [-0.4, -0.2) is 10.7 Å². The molecule has 2 atom stereocenters. The summed E-state index contributed by atoms with van der Waals surface area (Å²) in [5.74, 6) is 0.431. The lowest BCUT2D eigenvalue weighted by Crippen LogP contribution is -2.34. The Hall–Kier alpha value is -2.70. The quantitative estimate of drug-likeness (QED) is 0.254. The molecule has 0 N–H and O–H groups in total. The first kappa shape index (κ1) is 19.9. The maximum absolute atomic E-state index is 14.8. The van der Waals surface area contributed by atoms with Crippen LogP contribution in [0, 0.1) is 5.82 Å². The van der Waals surface area contributed by atoms with Gasteiger partial charge in [-0.05, 0) is 56.5 Å². The smallest absolute Gasteiger partial charge is 0.216 e. The van der Waals surface area contributed by atoms with Gasteiger partial charge in [0, 0.05) is 16.5 Å². The van der Waals surface area contributed by atoms with Gasteiger partial charge in [0.1, 0.15) is 11.6 Å². The summed E-state index contributed by atoms with van der Waals surface area (Å²) < 4.78 is 22.9. The van der Waals surface area contributed by atoms with Gasteiger partial charge in [0.2, 0.25) is 6.23 Å². The molecule has 0 spiro atoms. The number of halogens is 3. The van der Waals surface area contributed by atoms with Gasteiger partial charge in [-0.25, -0.2) is 9.40 Å². The predicted octanol–water partition coefficient (Wildman–Crippen LogP) is 7.75. The summed E-state index contributed by atoms with van der Waals surface area (Å²) in [6, 6.07) is 25.4. The van der Waals surface area contributed by atoms with E-state index in [9.17, 15) is 4.39 Å². The topological polar surface area (TPSA) is 24.8 Å². The van der Waals surface area contributed by atoms with Crippen LogP contribution in [0.15, 0.2) is 92.9 Å². The normalized spacial score (nSPS) is 19.3. The van der Waals surface area contributed by atoms with Gasteiger partial charge in [-0.2, -0.15) is 5.10 Å². The molecule has 0 aromatic heterocycles. The summed E-state index contributed by atoms with van der Waals surface area (Å²) >= 11 is 7.23. The summed E-state index contributed by atoms with van der Waals surface area (Å²) in [4.78, 5) is 0. The van der Waals surface area contributed by atoms with Gasteiger partial charge < -0.3 is 4.74 Å². The molecule has 0 saturated heterocycles. The van der Waals surface area contributed by atoms with Crippen LogP contribution < -0.4 is 4.74 Å². The molecule has 2 aliphatic rings. The molecule has 2 heterocycles. The van der Waals surface area contributed by atoms with E-state index >= 15 is 0 Å². The summed E-state index contributed by atoms with van der Waals surface area (Å²) in [5.41, 5.74) is 3.54. The van der Waals surface area contributed by atoms with Crippen molar-refractivity contribution in [2.75, 3.05) is 0 Å². The Kier molecular flexibility index (Phi) is 4.81. The first-order valence-corrected chi connectivity index (χ1v) is 11.9. The second kappa shape index (κ2) is 7.71. The van der Waals surface area contributed by atoms with E-state index in [1.54, 1.807) is 12.1 Å². The van der Waals surface area contributed by atoms with Crippen LogP contribution in [0.1, 0.15) is 35.4 Å². The lowest BCUT2D eigenvalue weighted by atomic mass is 9.95. The van der Waals surface area contributed by atoms with Gasteiger partial charge >= 0.3 is 0 Å². The third-order valence-corrected chi connectivity index (χ3v) is 7.11. The maximum atomic E-state index is 14.8. The fourth-order valence-electron chi connectivity index (χ4n) is 4.54. The van der Waals surface area contributed by atoms with Crippen molar-refractivity contribution in [1.82, 2.24) is 5.01 Å². The average Bonchev–Trinajstić information content (AvgIpc) is 3.25. The molecule has 158 valence electrons. The molecule has 2 aliphatic heterocycles. The molecule has 0 saturated carbocycles. The van der Waals surface area contributed by atoms with Gasteiger partial charge in [-0.3, -0.25) is 0 Å². The molecule has 4 aromatic carbocycles. The molecule has 6 rings (SSSR count). The molecule has 4 aromatic rings. The second-order valence-electron chi connectivity index (χ2n) is 8.01. The summed E-state index contributed by atoms with van der Waals surface area (Å²) in [7, 11) is 0. The summed E-state index contributed by atoms with van der Waals surface area (Å²) in [6.45, 7) is 0. The van der Waals surface area contributed by atoms with E-state index in [-0.39, 0.29) is 11.9 Å². The van der Waals surface area contributed by atoms with Crippen LogP contribution in [0.2, 0.25) is 0 Å². The zero-order chi connectivity index (χ0) is 21.8. The third-order valence-electron chi connectivity index (χ3n) is 6.06. The van der Waals surface area contributed by atoms with E-state index in [2.05, 4.69) is 68.3 Å². The van der Waals surface area contributed by atoms with E-state index in [1.807, 2.05) is 29.3 Å². The zero-order valence-corrected chi connectivity index (χ0v) is 20.0. The Balaban J connectivity index is 1.49. The number of hydrogen-bond acceptors (Lipinski definition) is 3. The number of ether oxygens (including phenoxy) is 1. The molecule has 32 heavy (non-hydrogen) atoms. The molecular formula is C26H17Br2FN2O. The predicted molar refractivity (Wildman–Crippen MR) is 131 cm³/mol. The van der Waals surface area contributed by atoms with Crippen LogP contribution in [0.5, 0.6) is 5.75 Å². The molecule has 3 nitrogen and oxygen atoms in total. The van der Waals surface area contributed by atoms with Gasteiger partial charge in [-0.15, -0.1) is 0 Å². The van der Waals surface area contributed by atoms with Crippen LogP contribution >= 0.6 is 31.9 Å². The monoisotopic (exact) mass is 550 g/mol. The average molecular weight is 552 g/mol. The van der Waals surface area contributed by atoms with E-state index in [4.69, 9.17) is 9.84 Å². The van der Waals surface area contributed by atoms with Crippen molar-refractivity contribution >= 4 is 48.3 Å². The van der Waals surface area contributed by atoms with Crippen LogP contribution in [-0.2, 0) is 0 Å². The minimum absolute atomic E-state index is 0.0568. The fraction of sp³-hybridized carbons (Fsp3) is 0.115. The van der Waals surface area contributed by atoms with Crippen LogP contribution in [0.3, 0.4) is 0 Å². The van der Waals surface area contributed by atoms with Gasteiger partial charge in [0.15, 0.2) is 0 Å². The minimum atomic E-state index is -0.649. The number of hydrogen-bond donors (Lipinski definition) is 0. The van der Waals surface area contributed by atoms with Crippen molar-refractivity contribution < 1.29 is 9.13 Å². The highest BCUT2D eigenvalue weighted by atomic mass is 79.9. The van der Waals surface area contributed by atoms with Gasteiger partial charge in [0.05, 0.1) is 21.8 Å². The Bertz CT molecular complexity index is 1400. The molecule has 0 amide bonds. The fourth-order valence-corrected chi connectivity index (χ4v) is 5.89. The van der Waals surface area contributed by atoms with E-state index in [1.165, 1.54) is 16.8 Å². The molecule has 2 unspecified atom stereocenters. The van der Waals surface area contributed by atoms with Gasteiger partial charge in [-0.1, -0.05) is 70.5 Å². The standard InChI is InChI=1S/C26H17Br2FN2O/c27-18-12-20-24-14-23(17-10-9-15-5-1-2-6-16(15)11-17)30-31(24)26(32-25(20)21(28)13-18)19-7-3-4-8-22(19)29/h1-13,24,26H,14H2. The van der Waals surface area contributed by atoms with Gasteiger partial charge in [0.25, 0.3) is 0 Å². The zero-order valence-electron chi connectivity index (χ0n) is 16.8. The molecule has 0 bridgehead atoms. The largest absolute Gasteiger partial charge is 0.463 e. The molecule has 0 aliphatic carbocycles. The number of nitrogens with zero attached hydrogens (tertiary/aromatic N) is 2. The van der Waals surface area contributed by atoms with Crippen molar-refractivity contribution in [3.05, 3.63) is 110 Å².